The number of aryl methyl sites for hydroxylation is 1. The van der Waals surface area contributed by atoms with E-state index in [0.717, 1.165) is 36.1 Å². The third kappa shape index (κ3) is 3.20. The van der Waals surface area contributed by atoms with Gasteiger partial charge in [-0.3, -0.25) is 9.59 Å². The van der Waals surface area contributed by atoms with Crippen molar-refractivity contribution in [2.75, 3.05) is 13.1 Å². The normalized spacial score (nSPS) is 17.4. The van der Waals surface area contributed by atoms with Crippen LogP contribution in [0.2, 0.25) is 0 Å². The Hall–Kier alpha value is -3.09. The quantitative estimate of drug-likeness (QED) is 0.766. The van der Waals surface area contributed by atoms with Gasteiger partial charge in [0.15, 0.2) is 0 Å². The second-order valence-corrected chi connectivity index (χ2v) is 7.12. The van der Waals surface area contributed by atoms with Crippen molar-refractivity contribution in [1.82, 2.24) is 19.0 Å². The van der Waals surface area contributed by atoms with Gasteiger partial charge in [0, 0.05) is 49.4 Å². The summed E-state index contributed by atoms with van der Waals surface area (Å²) in [4.78, 5) is 30.8. The Balaban J connectivity index is 1.57. The molecule has 0 saturated carbocycles. The van der Waals surface area contributed by atoms with Crippen molar-refractivity contribution in [1.29, 1.82) is 0 Å². The van der Waals surface area contributed by atoms with E-state index in [2.05, 4.69) is 4.98 Å². The Bertz CT molecular complexity index is 1000. The van der Waals surface area contributed by atoms with E-state index in [0.29, 0.717) is 12.2 Å². The number of likely N-dealkylation sites (tertiary alicyclic amines) is 1. The third-order valence-electron chi connectivity index (χ3n) is 5.32. The molecule has 0 aliphatic carbocycles. The summed E-state index contributed by atoms with van der Waals surface area (Å²) in [5.74, 6) is 0.565. The van der Waals surface area contributed by atoms with Crippen molar-refractivity contribution < 1.29 is 9.59 Å². The van der Waals surface area contributed by atoms with Crippen molar-refractivity contribution in [3.8, 4) is 0 Å². The second-order valence-electron chi connectivity index (χ2n) is 7.12. The Morgan fingerprint density at radius 1 is 1.30 bits per heavy atom. The minimum atomic E-state index is -0.395. The number of piperidine rings is 1. The number of imidazole rings is 1. The van der Waals surface area contributed by atoms with Crippen LogP contribution in [-0.4, -0.2) is 43.9 Å². The first-order valence-electron chi connectivity index (χ1n) is 9.17. The molecule has 1 aromatic carbocycles. The van der Waals surface area contributed by atoms with Gasteiger partial charge in [-0.1, -0.05) is 18.2 Å². The zero-order chi connectivity index (χ0) is 19.0. The number of primary amides is 1. The lowest BCUT2D eigenvalue weighted by atomic mass is 9.96. The number of nitrogens with zero attached hydrogens (tertiary/aromatic N) is 4. The summed E-state index contributed by atoms with van der Waals surface area (Å²) in [6.07, 6.45) is 5.30. The number of para-hydroxylation sites is 1. The topological polar surface area (TPSA) is 86.2 Å². The monoisotopic (exact) mass is 365 g/mol. The van der Waals surface area contributed by atoms with Crippen LogP contribution in [0.5, 0.6) is 0 Å². The van der Waals surface area contributed by atoms with Gasteiger partial charge < -0.3 is 19.8 Å². The van der Waals surface area contributed by atoms with Crippen molar-refractivity contribution in [2.24, 2.45) is 12.8 Å². The first-order valence-corrected chi connectivity index (χ1v) is 9.17. The smallest absolute Gasteiger partial charge is 0.270 e. The maximum absolute atomic E-state index is 13.2. The molecule has 1 fully saturated rings. The van der Waals surface area contributed by atoms with Gasteiger partial charge in [0.25, 0.3) is 5.91 Å². The van der Waals surface area contributed by atoms with Gasteiger partial charge in [-0.25, -0.2) is 4.98 Å². The first kappa shape index (κ1) is 17.3. The molecular formula is C20H23N5O2. The standard InChI is InChI=1S/C20H23N5O2/c1-23-16-7-3-2-5-14(16)11-17(23)20(27)25-9-4-6-15(12-25)19-22-8-10-24(19)13-18(21)26/h2-3,5,7-8,10-11,15H,4,6,9,12-13H2,1H3,(H2,21,26). The van der Waals surface area contributed by atoms with E-state index >= 15 is 0 Å². The number of benzene rings is 1. The number of carbonyl (C=O) groups is 2. The molecule has 7 heteroatoms. The Morgan fingerprint density at radius 3 is 2.89 bits per heavy atom. The summed E-state index contributed by atoms with van der Waals surface area (Å²) < 4.78 is 3.74. The van der Waals surface area contributed by atoms with Crippen LogP contribution < -0.4 is 5.73 Å². The SMILES string of the molecule is Cn1c(C(=O)N2CCCC(c3nccn3CC(N)=O)C2)cc2ccccc21. The van der Waals surface area contributed by atoms with E-state index in [1.165, 1.54) is 0 Å². The fourth-order valence-electron chi connectivity index (χ4n) is 4.01. The van der Waals surface area contributed by atoms with Gasteiger partial charge in [-0.2, -0.15) is 0 Å². The average Bonchev–Trinajstić information content (AvgIpc) is 3.26. The number of aromatic nitrogens is 3. The fourth-order valence-corrected chi connectivity index (χ4v) is 4.01. The van der Waals surface area contributed by atoms with Crippen LogP contribution in [0.4, 0.5) is 0 Å². The summed E-state index contributed by atoms with van der Waals surface area (Å²) in [6.45, 7) is 1.44. The number of rotatable bonds is 4. The van der Waals surface area contributed by atoms with Gasteiger partial charge in [0.2, 0.25) is 5.91 Å². The molecule has 1 unspecified atom stereocenters. The summed E-state index contributed by atoms with van der Waals surface area (Å²) in [7, 11) is 1.93. The fraction of sp³-hybridized carbons (Fsp3) is 0.350. The van der Waals surface area contributed by atoms with Crippen LogP contribution in [0, 0.1) is 0 Å². The minimum Gasteiger partial charge on any atom is -0.368 e. The predicted octanol–water partition coefficient (Wildman–Crippen LogP) is 1.88. The molecule has 2 amide bonds. The van der Waals surface area contributed by atoms with Crippen LogP contribution in [0.3, 0.4) is 0 Å². The molecule has 3 heterocycles. The molecule has 4 rings (SSSR count). The van der Waals surface area contributed by atoms with E-state index in [1.807, 2.05) is 46.8 Å². The molecule has 1 atom stereocenters. The van der Waals surface area contributed by atoms with Crippen LogP contribution >= 0.6 is 0 Å². The van der Waals surface area contributed by atoms with Crippen molar-refractivity contribution in [2.45, 2.75) is 25.3 Å². The van der Waals surface area contributed by atoms with Gasteiger partial charge >= 0.3 is 0 Å². The summed E-state index contributed by atoms with van der Waals surface area (Å²) >= 11 is 0. The summed E-state index contributed by atoms with van der Waals surface area (Å²) in [5.41, 5.74) is 7.07. The molecule has 1 aliphatic heterocycles. The van der Waals surface area contributed by atoms with Crippen LogP contribution in [-0.2, 0) is 18.4 Å². The summed E-state index contributed by atoms with van der Waals surface area (Å²) in [6, 6.07) is 9.95. The maximum atomic E-state index is 13.2. The van der Waals surface area contributed by atoms with E-state index in [1.54, 1.807) is 17.0 Å². The maximum Gasteiger partial charge on any atom is 0.270 e. The molecule has 140 valence electrons. The number of nitrogens with two attached hydrogens (primary N) is 1. The molecule has 0 radical (unpaired) electrons. The van der Waals surface area contributed by atoms with Crippen molar-refractivity contribution >= 4 is 22.7 Å². The number of carbonyl (C=O) groups excluding carboxylic acids is 2. The van der Waals surface area contributed by atoms with Gasteiger partial charge in [-0.15, -0.1) is 0 Å². The van der Waals surface area contributed by atoms with Gasteiger partial charge in [0.1, 0.15) is 18.1 Å². The third-order valence-corrected chi connectivity index (χ3v) is 5.32. The zero-order valence-corrected chi connectivity index (χ0v) is 15.3. The Labute approximate surface area is 157 Å². The molecule has 2 N–H and O–H groups in total. The van der Waals surface area contributed by atoms with E-state index in [9.17, 15) is 9.59 Å². The van der Waals surface area contributed by atoms with Crippen LogP contribution in [0.15, 0.2) is 42.7 Å². The predicted molar refractivity (Wildman–Crippen MR) is 102 cm³/mol. The highest BCUT2D eigenvalue weighted by molar-refractivity contribution is 5.98. The molecule has 7 nitrogen and oxygen atoms in total. The molecule has 27 heavy (non-hydrogen) atoms. The number of hydrogen-bond donors (Lipinski definition) is 1. The number of hydrogen-bond acceptors (Lipinski definition) is 3. The minimum absolute atomic E-state index is 0.0337. The van der Waals surface area contributed by atoms with Crippen LogP contribution in [0.25, 0.3) is 10.9 Å². The molecule has 1 aliphatic rings. The van der Waals surface area contributed by atoms with Crippen molar-refractivity contribution in [3.63, 3.8) is 0 Å². The van der Waals surface area contributed by atoms with Gasteiger partial charge in [-0.05, 0) is 25.0 Å². The van der Waals surface area contributed by atoms with Gasteiger partial charge in [0.05, 0.1) is 0 Å². The highest BCUT2D eigenvalue weighted by Crippen LogP contribution is 2.28. The van der Waals surface area contributed by atoms with E-state index in [4.69, 9.17) is 5.73 Å². The van der Waals surface area contributed by atoms with E-state index in [-0.39, 0.29) is 18.4 Å². The lowest BCUT2D eigenvalue weighted by molar-refractivity contribution is -0.118. The number of fused-ring (bicyclic) bond motifs is 1. The molecule has 3 aromatic rings. The van der Waals surface area contributed by atoms with Crippen molar-refractivity contribution in [3.05, 3.63) is 54.2 Å². The highest BCUT2D eigenvalue weighted by atomic mass is 16.2. The molecular weight excluding hydrogens is 342 g/mol. The molecule has 0 spiro atoms. The molecule has 2 aromatic heterocycles. The van der Waals surface area contributed by atoms with Crippen LogP contribution in [0.1, 0.15) is 35.1 Å². The van der Waals surface area contributed by atoms with E-state index < -0.39 is 5.91 Å². The second kappa shape index (κ2) is 6.90. The lowest BCUT2D eigenvalue weighted by Crippen LogP contribution is -2.40. The Kier molecular flexibility index (Phi) is 4.43. The largest absolute Gasteiger partial charge is 0.368 e. The molecule has 0 bridgehead atoms. The highest BCUT2D eigenvalue weighted by Gasteiger charge is 2.29. The summed E-state index contributed by atoms with van der Waals surface area (Å²) in [5, 5.41) is 1.06. The number of amides is 2. The average molecular weight is 365 g/mol. The first-order chi connectivity index (χ1) is 13.0. The Morgan fingerprint density at radius 2 is 2.11 bits per heavy atom. The molecule has 1 saturated heterocycles. The zero-order valence-electron chi connectivity index (χ0n) is 15.3. The lowest BCUT2D eigenvalue weighted by Gasteiger charge is -2.32.